The van der Waals surface area contributed by atoms with Gasteiger partial charge in [-0.25, -0.2) is 15.0 Å². The van der Waals surface area contributed by atoms with E-state index in [0.29, 0.717) is 24.2 Å². The van der Waals surface area contributed by atoms with Gasteiger partial charge in [-0.15, -0.1) is 0 Å². The Morgan fingerprint density at radius 1 is 1.44 bits per heavy atom. The standard InChI is InChI=1S/C18H29N7O2/c1-12(13-5-4-6-13)21-17-14(16(20-2)22-18(23-17)15(19)26)24(3)11-25-7-9-27-10-8-25/h12-13H,2,4-11H2,1,3H3,(H2,19,26)(H,21,22,23)/t12-/m1/s1. The molecule has 1 amide bonds. The zero-order valence-electron chi connectivity index (χ0n) is 16.1. The maximum atomic E-state index is 11.7. The molecule has 0 bridgehead atoms. The Kier molecular flexibility index (Phi) is 6.22. The first-order chi connectivity index (χ1) is 13.0. The van der Waals surface area contributed by atoms with Crippen molar-refractivity contribution in [2.24, 2.45) is 16.6 Å². The Morgan fingerprint density at radius 3 is 2.70 bits per heavy atom. The normalized spacial score (nSPS) is 19.2. The topological polar surface area (TPSA) is 109 Å². The molecule has 3 rings (SSSR count). The number of primary amides is 1. The Hall–Kier alpha value is -2.26. The number of nitrogens with one attached hydrogen (secondary N) is 1. The molecule has 1 saturated heterocycles. The third kappa shape index (κ3) is 4.54. The molecular formula is C18H29N7O2. The van der Waals surface area contributed by atoms with Crippen LogP contribution in [-0.4, -0.2) is 73.6 Å². The summed E-state index contributed by atoms with van der Waals surface area (Å²) < 4.78 is 5.42. The van der Waals surface area contributed by atoms with Crippen LogP contribution in [-0.2, 0) is 4.74 Å². The molecule has 3 N–H and O–H groups in total. The summed E-state index contributed by atoms with van der Waals surface area (Å²) in [6.07, 6.45) is 3.66. The van der Waals surface area contributed by atoms with Crippen LogP contribution in [0.3, 0.4) is 0 Å². The van der Waals surface area contributed by atoms with Gasteiger partial charge in [-0.1, -0.05) is 6.42 Å². The number of morpholine rings is 1. The fourth-order valence-corrected chi connectivity index (χ4v) is 3.50. The summed E-state index contributed by atoms with van der Waals surface area (Å²) in [4.78, 5) is 28.7. The predicted molar refractivity (Wildman–Crippen MR) is 106 cm³/mol. The Balaban J connectivity index is 1.90. The molecule has 0 unspecified atom stereocenters. The number of carbonyl (C=O) groups excluding carboxylic acids is 1. The number of anilines is 2. The fraction of sp³-hybridized carbons (Fsp3) is 0.667. The van der Waals surface area contributed by atoms with Crippen molar-refractivity contribution in [3.63, 3.8) is 0 Å². The molecule has 1 aliphatic carbocycles. The number of amides is 1. The minimum atomic E-state index is -0.679. The van der Waals surface area contributed by atoms with E-state index in [1.54, 1.807) is 0 Å². The summed E-state index contributed by atoms with van der Waals surface area (Å²) >= 11 is 0. The zero-order valence-corrected chi connectivity index (χ0v) is 16.1. The van der Waals surface area contributed by atoms with Gasteiger partial charge in [-0.05, 0) is 32.4 Å². The van der Waals surface area contributed by atoms with Gasteiger partial charge < -0.3 is 20.7 Å². The summed E-state index contributed by atoms with van der Waals surface area (Å²) in [6, 6.07) is 0.238. The van der Waals surface area contributed by atoms with Crippen molar-refractivity contribution in [3.8, 4) is 0 Å². The third-order valence-corrected chi connectivity index (χ3v) is 5.35. The smallest absolute Gasteiger partial charge is 0.286 e. The van der Waals surface area contributed by atoms with E-state index in [1.165, 1.54) is 19.3 Å². The van der Waals surface area contributed by atoms with Crippen LogP contribution in [0.5, 0.6) is 0 Å². The van der Waals surface area contributed by atoms with Crippen LogP contribution in [0.2, 0.25) is 0 Å². The zero-order chi connectivity index (χ0) is 19.4. The first kappa shape index (κ1) is 19.5. The van der Waals surface area contributed by atoms with Gasteiger partial charge in [0, 0.05) is 26.2 Å². The highest BCUT2D eigenvalue weighted by molar-refractivity contribution is 5.91. The number of carbonyl (C=O) groups is 1. The predicted octanol–water partition coefficient (Wildman–Crippen LogP) is 1.23. The van der Waals surface area contributed by atoms with Crippen LogP contribution < -0.4 is 16.0 Å². The van der Waals surface area contributed by atoms with E-state index in [-0.39, 0.29) is 11.9 Å². The number of hydrogen-bond acceptors (Lipinski definition) is 8. The van der Waals surface area contributed by atoms with Crippen molar-refractivity contribution in [3.05, 3.63) is 5.82 Å². The molecule has 0 spiro atoms. The quantitative estimate of drug-likeness (QED) is 0.658. The summed E-state index contributed by atoms with van der Waals surface area (Å²) in [7, 11) is 1.96. The number of hydrogen-bond donors (Lipinski definition) is 2. The first-order valence-electron chi connectivity index (χ1n) is 9.46. The highest BCUT2D eigenvalue weighted by Gasteiger charge is 2.27. The summed E-state index contributed by atoms with van der Waals surface area (Å²) in [5.74, 6) is 0.814. The highest BCUT2D eigenvalue weighted by atomic mass is 16.5. The molecule has 1 saturated carbocycles. The molecule has 0 radical (unpaired) electrons. The maximum Gasteiger partial charge on any atom is 0.286 e. The van der Waals surface area contributed by atoms with E-state index in [1.807, 2.05) is 11.9 Å². The Bertz CT molecular complexity index is 687. The van der Waals surface area contributed by atoms with Crippen LogP contribution >= 0.6 is 0 Å². The first-order valence-corrected chi connectivity index (χ1v) is 9.46. The van der Waals surface area contributed by atoms with Gasteiger partial charge in [0.2, 0.25) is 5.82 Å². The highest BCUT2D eigenvalue weighted by Crippen LogP contribution is 2.36. The average molecular weight is 375 g/mol. The number of nitrogens with zero attached hydrogens (tertiary/aromatic N) is 5. The van der Waals surface area contributed by atoms with Crippen LogP contribution in [0, 0.1) is 5.92 Å². The molecule has 1 aromatic rings. The molecule has 9 heteroatoms. The van der Waals surface area contributed by atoms with Crippen molar-refractivity contribution in [2.45, 2.75) is 32.2 Å². The van der Waals surface area contributed by atoms with Gasteiger partial charge in [0.1, 0.15) is 5.69 Å². The lowest BCUT2D eigenvalue weighted by molar-refractivity contribution is 0.0385. The Morgan fingerprint density at radius 2 is 2.15 bits per heavy atom. The van der Waals surface area contributed by atoms with E-state index < -0.39 is 5.91 Å². The minimum Gasteiger partial charge on any atom is -0.379 e. The van der Waals surface area contributed by atoms with Gasteiger partial charge in [0.15, 0.2) is 11.6 Å². The van der Waals surface area contributed by atoms with Crippen molar-refractivity contribution in [1.82, 2.24) is 14.9 Å². The Labute approximate surface area is 160 Å². The molecule has 9 nitrogen and oxygen atoms in total. The monoisotopic (exact) mass is 375 g/mol. The van der Waals surface area contributed by atoms with E-state index in [9.17, 15) is 4.79 Å². The lowest BCUT2D eigenvalue weighted by Gasteiger charge is -2.35. The molecule has 1 atom stereocenters. The maximum absolute atomic E-state index is 11.7. The van der Waals surface area contributed by atoms with E-state index >= 15 is 0 Å². The minimum absolute atomic E-state index is 0.0516. The van der Waals surface area contributed by atoms with E-state index in [2.05, 4.69) is 38.8 Å². The van der Waals surface area contributed by atoms with E-state index in [0.717, 1.165) is 32.0 Å². The second kappa shape index (κ2) is 8.62. The van der Waals surface area contributed by atoms with Gasteiger partial charge in [-0.2, -0.15) is 0 Å². The second-order valence-corrected chi connectivity index (χ2v) is 7.28. The van der Waals surface area contributed by atoms with E-state index in [4.69, 9.17) is 10.5 Å². The second-order valence-electron chi connectivity index (χ2n) is 7.28. The lowest BCUT2D eigenvalue weighted by Crippen LogP contribution is -2.43. The average Bonchev–Trinajstić information content (AvgIpc) is 2.60. The third-order valence-electron chi connectivity index (χ3n) is 5.35. The lowest BCUT2D eigenvalue weighted by atomic mass is 9.80. The van der Waals surface area contributed by atoms with Gasteiger partial charge in [0.25, 0.3) is 5.91 Å². The number of aliphatic imine (C=N–C) groups is 1. The van der Waals surface area contributed by atoms with Crippen LogP contribution in [0.4, 0.5) is 17.3 Å². The SMILES string of the molecule is C=Nc1nc(C(N)=O)nc(N[C@H](C)C2CCC2)c1N(C)CN1CCOCC1. The number of aromatic nitrogens is 2. The van der Waals surface area contributed by atoms with Gasteiger partial charge in [-0.3, -0.25) is 9.69 Å². The van der Waals surface area contributed by atoms with Crippen molar-refractivity contribution < 1.29 is 9.53 Å². The van der Waals surface area contributed by atoms with Gasteiger partial charge in [0.05, 0.1) is 19.9 Å². The van der Waals surface area contributed by atoms with Crippen molar-refractivity contribution >= 4 is 29.9 Å². The molecule has 2 heterocycles. The molecule has 148 valence electrons. The number of ether oxygens (including phenoxy) is 1. The van der Waals surface area contributed by atoms with Crippen LogP contribution in [0.25, 0.3) is 0 Å². The van der Waals surface area contributed by atoms with Gasteiger partial charge >= 0.3 is 0 Å². The molecule has 2 fully saturated rings. The van der Waals surface area contributed by atoms with Crippen LogP contribution in [0.15, 0.2) is 4.99 Å². The largest absolute Gasteiger partial charge is 0.379 e. The summed E-state index contributed by atoms with van der Waals surface area (Å²) in [5, 5.41) is 3.47. The van der Waals surface area contributed by atoms with Crippen molar-refractivity contribution in [1.29, 1.82) is 0 Å². The summed E-state index contributed by atoms with van der Waals surface area (Å²) in [6.45, 7) is 9.62. The van der Waals surface area contributed by atoms with Crippen molar-refractivity contribution in [2.75, 3.05) is 50.2 Å². The molecule has 27 heavy (non-hydrogen) atoms. The number of nitrogens with two attached hydrogens (primary N) is 1. The van der Waals surface area contributed by atoms with Crippen LogP contribution in [0.1, 0.15) is 36.8 Å². The molecule has 1 aromatic heterocycles. The number of rotatable bonds is 8. The molecule has 2 aliphatic rings. The summed E-state index contributed by atoms with van der Waals surface area (Å²) in [5.41, 5.74) is 6.15. The molecule has 1 aliphatic heterocycles. The molecular weight excluding hydrogens is 346 g/mol. The fourth-order valence-electron chi connectivity index (χ4n) is 3.50. The molecule has 0 aromatic carbocycles.